The van der Waals surface area contributed by atoms with Crippen LogP contribution in [0, 0.1) is 27.7 Å². The van der Waals surface area contributed by atoms with Crippen LogP contribution in [0.2, 0.25) is 0 Å². The Balaban J connectivity index is 0.000000180. The fourth-order valence-electron chi connectivity index (χ4n) is 1.73. The van der Waals surface area contributed by atoms with Crippen molar-refractivity contribution < 1.29 is 10.2 Å². The van der Waals surface area contributed by atoms with E-state index in [0.717, 1.165) is 0 Å². The Kier molecular flexibility index (Phi) is 8.14. The first-order chi connectivity index (χ1) is 11.4. The third-order valence-electron chi connectivity index (χ3n) is 3.29. The molecular weight excluding hydrogens is 296 g/mol. The molecule has 0 saturated heterocycles. The van der Waals surface area contributed by atoms with Crippen LogP contribution in [0.3, 0.4) is 0 Å². The van der Waals surface area contributed by atoms with Crippen LogP contribution >= 0.6 is 0 Å². The topological polar surface area (TPSA) is 40.5 Å². The highest BCUT2D eigenvalue weighted by atomic mass is 16.3. The molecule has 0 unspecified atom stereocenters. The van der Waals surface area contributed by atoms with E-state index in [2.05, 4.69) is 38.1 Å². The molecule has 2 heteroatoms. The lowest BCUT2D eigenvalue weighted by molar-refractivity contribution is 0.474. The maximum atomic E-state index is 8.76. The number of aromatic hydroxyl groups is 2. The van der Waals surface area contributed by atoms with E-state index in [-0.39, 0.29) is 0 Å². The van der Waals surface area contributed by atoms with Gasteiger partial charge < -0.3 is 10.2 Å². The van der Waals surface area contributed by atoms with Crippen molar-refractivity contribution in [2.75, 3.05) is 0 Å². The van der Waals surface area contributed by atoms with E-state index in [4.69, 9.17) is 10.2 Å². The molecule has 0 aliphatic rings. The number of aryl methyl sites for hydroxylation is 4. The average molecular weight is 322 g/mol. The fourth-order valence-corrected chi connectivity index (χ4v) is 1.73. The van der Waals surface area contributed by atoms with Gasteiger partial charge in [-0.2, -0.15) is 0 Å². The van der Waals surface area contributed by atoms with Gasteiger partial charge in [-0.3, -0.25) is 0 Å². The SMILES string of the molecule is Cc1ccc(C)cc1.Cc1ccc(O)cc1.Cc1ccc(O)cc1. The van der Waals surface area contributed by atoms with E-state index >= 15 is 0 Å². The van der Waals surface area contributed by atoms with Crippen molar-refractivity contribution in [1.29, 1.82) is 0 Å². The summed E-state index contributed by atoms with van der Waals surface area (Å²) in [6.07, 6.45) is 0. The Labute approximate surface area is 145 Å². The molecule has 3 aromatic carbocycles. The molecule has 24 heavy (non-hydrogen) atoms. The van der Waals surface area contributed by atoms with Crippen molar-refractivity contribution in [2.24, 2.45) is 0 Å². The summed E-state index contributed by atoms with van der Waals surface area (Å²) < 4.78 is 0. The molecular formula is C22H26O2. The maximum absolute atomic E-state index is 8.76. The molecule has 0 fully saturated rings. The van der Waals surface area contributed by atoms with Gasteiger partial charge in [0.05, 0.1) is 0 Å². The van der Waals surface area contributed by atoms with Gasteiger partial charge in [0.25, 0.3) is 0 Å². The third-order valence-corrected chi connectivity index (χ3v) is 3.29. The third kappa shape index (κ3) is 8.64. The minimum absolute atomic E-state index is 0.329. The van der Waals surface area contributed by atoms with Gasteiger partial charge >= 0.3 is 0 Å². The Morgan fingerprint density at radius 1 is 0.375 bits per heavy atom. The summed E-state index contributed by atoms with van der Waals surface area (Å²) in [5.74, 6) is 0.659. The van der Waals surface area contributed by atoms with Crippen LogP contribution in [0.1, 0.15) is 22.3 Å². The van der Waals surface area contributed by atoms with Gasteiger partial charge in [0, 0.05) is 0 Å². The normalized spacial score (nSPS) is 9.17. The summed E-state index contributed by atoms with van der Waals surface area (Å²) in [7, 11) is 0. The zero-order chi connectivity index (χ0) is 17.9. The van der Waals surface area contributed by atoms with Crippen LogP contribution in [-0.4, -0.2) is 10.2 Å². The molecule has 3 rings (SSSR count). The van der Waals surface area contributed by atoms with Gasteiger partial charge in [-0.1, -0.05) is 70.8 Å². The van der Waals surface area contributed by atoms with Gasteiger partial charge in [0.2, 0.25) is 0 Å². The van der Waals surface area contributed by atoms with Gasteiger partial charge in [-0.15, -0.1) is 0 Å². The van der Waals surface area contributed by atoms with E-state index in [9.17, 15) is 0 Å². The lowest BCUT2D eigenvalue weighted by Gasteiger charge is -1.90. The number of benzene rings is 3. The molecule has 0 heterocycles. The second-order valence-electron chi connectivity index (χ2n) is 5.83. The summed E-state index contributed by atoms with van der Waals surface area (Å²) in [6, 6.07) is 22.7. The van der Waals surface area contributed by atoms with Crippen LogP contribution in [0.15, 0.2) is 72.8 Å². The molecule has 0 atom stereocenters. The summed E-state index contributed by atoms with van der Waals surface area (Å²) in [4.78, 5) is 0. The van der Waals surface area contributed by atoms with Gasteiger partial charge in [0.15, 0.2) is 0 Å². The van der Waals surface area contributed by atoms with Crippen LogP contribution in [-0.2, 0) is 0 Å². The molecule has 126 valence electrons. The summed E-state index contributed by atoms with van der Waals surface area (Å²) >= 11 is 0. The Morgan fingerprint density at radius 2 is 0.542 bits per heavy atom. The first-order valence-corrected chi connectivity index (χ1v) is 7.91. The maximum Gasteiger partial charge on any atom is 0.115 e. The molecule has 3 aromatic rings. The molecule has 0 spiro atoms. The average Bonchev–Trinajstić information content (AvgIpc) is 2.57. The Bertz CT molecular complexity index is 530. The monoisotopic (exact) mass is 322 g/mol. The Morgan fingerprint density at radius 3 is 0.708 bits per heavy atom. The van der Waals surface area contributed by atoms with Crippen molar-refractivity contribution in [3.8, 4) is 11.5 Å². The second-order valence-corrected chi connectivity index (χ2v) is 5.83. The first-order valence-electron chi connectivity index (χ1n) is 7.91. The van der Waals surface area contributed by atoms with Crippen molar-refractivity contribution in [3.05, 3.63) is 95.1 Å². The molecule has 0 aliphatic heterocycles. The highest BCUT2D eigenvalue weighted by molar-refractivity contribution is 5.25. The van der Waals surface area contributed by atoms with Crippen LogP contribution in [0.4, 0.5) is 0 Å². The van der Waals surface area contributed by atoms with Gasteiger partial charge in [-0.05, 0) is 52.0 Å². The van der Waals surface area contributed by atoms with Gasteiger partial charge in [0.1, 0.15) is 11.5 Å². The lowest BCUT2D eigenvalue weighted by Crippen LogP contribution is -1.70. The fraction of sp³-hybridized carbons (Fsp3) is 0.182. The van der Waals surface area contributed by atoms with Crippen LogP contribution in [0.25, 0.3) is 0 Å². The number of phenols is 2. The number of hydrogen-bond donors (Lipinski definition) is 2. The molecule has 0 aromatic heterocycles. The molecule has 0 saturated carbocycles. The van der Waals surface area contributed by atoms with Crippen molar-refractivity contribution >= 4 is 0 Å². The van der Waals surface area contributed by atoms with Crippen molar-refractivity contribution in [3.63, 3.8) is 0 Å². The number of phenolic OH excluding ortho intramolecular Hbond substituents is 2. The van der Waals surface area contributed by atoms with E-state index in [1.54, 1.807) is 24.3 Å². The summed E-state index contributed by atoms with van der Waals surface area (Å²) in [5.41, 5.74) is 5.00. The van der Waals surface area contributed by atoms with Crippen LogP contribution in [0.5, 0.6) is 11.5 Å². The number of rotatable bonds is 0. The highest BCUT2D eigenvalue weighted by Gasteiger charge is 1.83. The second kappa shape index (κ2) is 10.1. The predicted molar refractivity (Wildman–Crippen MR) is 102 cm³/mol. The Hall–Kier alpha value is -2.74. The molecule has 0 aliphatic carbocycles. The predicted octanol–water partition coefficient (Wildman–Crippen LogP) is 5.70. The standard InChI is InChI=1S/C8H10.2C7H8O/c1-7-3-5-8(2)6-4-7;2*1-6-2-4-7(8)5-3-6/h3-6H,1-2H3;2*2-5,8H,1H3. The van der Waals surface area contributed by atoms with Crippen molar-refractivity contribution in [1.82, 2.24) is 0 Å². The van der Waals surface area contributed by atoms with E-state index < -0.39 is 0 Å². The smallest absolute Gasteiger partial charge is 0.115 e. The zero-order valence-corrected chi connectivity index (χ0v) is 14.8. The highest BCUT2D eigenvalue weighted by Crippen LogP contribution is 2.08. The van der Waals surface area contributed by atoms with Crippen molar-refractivity contribution in [2.45, 2.75) is 27.7 Å². The minimum atomic E-state index is 0.329. The number of hydrogen-bond acceptors (Lipinski definition) is 2. The molecule has 2 N–H and O–H groups in total. The van der Waals surface area contributed by atoms with E-state index in [1.807, 2.05) is 38.1 Å². The zero-order valence-electron chi connectivity index (χ0n) is 14.8. The van der Waals surface area contributed by atoms with E-state index in [0.29, 0.717) is 11.5 Å². The van der Waals surface area contributed by atoms with Crippen LogP contribution < -0.4 is 0 Å². The molecule has 0 bridgehead atoms. The van der Waals surface area contributed by atoms with Gasteiger partial charge in [-0.25, -0.2) is 0 Å². The lowest BCUT2D eigenvalue weighted by atomic mass is 10.2. The molecule has 2 nitrogen and oxygen atoms in total. The summed E-state index contributed by atoms with van der Waals surface area (Å²) in [5, 5.41) is 17.5. The largest absolute Gasteiger partial charge is 0.508 e. The summed E-state index contributed by atoms with van der Waals surface area (Å²) in [6.45, 7) is 8.16. The molecule has 0 amide bonds. The minimum Gasteiger partial charge on any atom is -0.508 e. The quantitative estimate of drug-likeness (QED) is 0.557. The van der Waals surface area contributed by atoms with E-state index in [1.165, 1.54) is 22.3 Å². The first kappa shape index (κ1) is 19.3. The molecule has 0 radical (unpaired) electrons.